The van der Waals surface area contributed by atoms with E-state index in [1.807, 2.05) is 4.90 Å². The van der Waals surface area contributed by atoms with Crippen molar-refractivity contribution in [2.75, 3.05) is 44.0 Å². The predicted octanol–water partition coefficient (Wildman–Crippen LogP) is -0.220. The fraction of sp³-hybridized carbons (Fsp3) is 0.500. The van der Waals surface area contributed by atoms with E-state index in [0.29, 0.717) is 41.9 Å². The molecular formula is C10H14N6O2. The van der Waals surface area contributed by atoms with Gasteiger partial charge in [0, 0.05) is 13.1 Å². The van der Waals surface area contributed by atoms with Gasteiger partial charge in [0.2, 0.25) is 5.95 Å². The molecule has 0 spiro atoms. The lowest BCUT2D eigenvalue weighted by Crippen LogP contribution is -2.37. The zero-order chi connectivity index (χ0) is 12.5. The van der Waals surface area contributed by atoms with E-state index in [0.717, 1.165) is 13.1 Å². The first-order valence-corrected chi connectivity index (χ1v) is 5.68. The van der Waals surface area contributed by atoms with Crippen molar-refractivity contribution < 1.29 is 9.47 Å². The number of hydrogen-bond donors (Lipinski definition) is 2. The number of methoxy groups -OCH3 is 1. The van der Waals surface area contributed by atoms with Gasteiger partial charge < -0.3 is 20.1 Å². The Hall–Kier alpha value is -2.09. The van der Waals surface area contributed by atoms with Crippen molar-refractivity contribution in [3.63, 3.8) is 0 Å². The summed E-state index contributed by atoms with van der Waals surface area (Å²) in [6, 6.07) is 0. The molecule has 0 radical (unpaired) electrons. The maximum absolute atomic E-state index is 5.90. The highest BCUT2D eigenvalue weighted by atomic mass is 16.5. The van der Waals surface area contributed by atoms with Gasteiger partial charge in [-0.25, -0.2) is 4.98 Å². The van der Waals surface area contributed by atoms with Crippen molar-refractivity contribution in [1.29, 1.82) is 0 Å². The molecular weight excluding hydrogens is 236 g/mol. The van der Waals surface area contributed by atoms with Crippen LogP contribution in [0.5, 0.6) is 5.88 Å². The summed E-state index contributed by atoms with van der Waals surface area (Å²) in [4.78, 5) is 10.8. The second-order valence-corrected chi connectivity index (χ2v) is 3.96. The standard InChI is InChI=1S/C10H14N6O2/c1-17-9-7-6(14-15-9)8(11)13-10(12-7)16-2-4-18-5-3-16/h2-5H2,1H3,(H,14,15)(H2,11,12,13). The van der Waals surface area contributed by atoms with Crippen LogP contribution in [0.2, 0.25) is 0 Å². The van der Waals surface area contributed by atoms with Gasteiger partial charge in [-0.1, -0.05) is 0 Å². The molecule has 2 aromatic heterocycles. The van der Waals surface area contributed by atoms with Gasteiger partial charge in [0.25, 0.3) is 5.88 Å². The van der Waals surface area contributed by atoms with Crippen molar-refractivity contribution in [1.82, 2.24) is 20.2 Å². The van der Waals surface area contributed by atoms with Crippen molar-refractivity contribution in [3.8, 4) is 5.88 Å². The van der Waals surface area contributed by atoms with Crippen molar-refractivity contribution in [3.05, 3.63) is 0 Å². The number of nitrogens with two attached hydrogens (primary N) is 1. The van der Waals surface area contributed by atoms with Crippen LogP contribution in [-0.4, -0.2) is 53.6 Å². The van der Waals surface area contributed by atoms with E-state index in [9.17, 15) is 0 Å². The van der Waals surface area contributed by atoms with Crippen LogP contribution in [0.3, 0.4) is 0 Å². The zero-order valence-electron chi connectivity index (χ0n) is 10.0. The smallest absolute Gasteiger partial charge is 0.259 e. The molecule has 96 valence electrons. The number of nitrogens with one attached hydrogen (secondary N) is 1. The Morgan fingerprint density at radius 1 is 1.33 bits per heavy atom. The summed E-state index contributed by atoms with van der Waals surface area (Å²) in [5.41, 5.74) is 7.10. The minimum atomic E-state index is 0.372. The summed E-state index contributed by atoms with van der Waals surface area (Å²) in [5, 5.41) is 6.76. The molecule has 3 N–H and O–H groups in total. The number of nitrogen functional groups attached to an aromatic ring is 1. The molecule has 0 bridgehead atoms. The van der Waals surface area contributed by atoms with Gasteiger partial charge in [0.1, 0.15) is 5.52 Å². The number of aromatic nitrogens is 4. The largest absolute Gasteiger partial charge is 0.478 e. The summed E-state index contributed by atoms with van der Waals surface area (Å²) in [6.07, 6.45) is 0. The minimum Gasteiger partial charge on any atom is -0.478 e. The third kappa shape index (κ3) is 1.70. The van der Waals surface area contributed by atoms with E-state index in [1.165, 1.54) is 0 Å². The Labute approximate surface area is 103 Å². The number of hydrogen-bond acceptors (Lipinski definition) is 7. The molecule has 0 atom stereocenters. The number of H-pyrrole nitrogens is 1. The van der Waals surface area contributed by atoms with Gasteiger partial charge in [0.05, 0.1) is 20.3 Å². The molecule has 1 fully saturated rings. The highest BCUT2D eigenvalue weighted by molar-refractivity contribution is 5.88. The summed E-state index contributed by atoms with van der Waals surface area (Å²) in [5.74, 6) is 1.38. The van der Waals surface area contributed by atoms with Gasteiger partial charge in [-0.05, 0) is 0 Å². The lowest BCUT2D eigenvalue weighted by Gasteiger charge is -2.26. The minimum absolute atomic E-state index is 0.372. The summed E-state index contributed by atoms with van der Waals surface area (Å²) in [6.45, 7) is 2.85. The van der Waals surface area contributed by atoms with E-state index >= 15 is 0 Å². The van der Waals surface area contributed by atoms with Crippen LogP contribution >= 0.6 is 0 Å². The molecule has 0 amide bonds. The molecule has 0 aromatic carbocycles. The SMILES string of the molecule is COc1n[nH]c2c(N)nc(N3CCOCC3)nc12. The van der Waals surface area contributed by atoms with E-state index in [1.54, 1.807) is 7.11 Å². The van der Waals surface area contributed by atoms with Gasteiger partial charge in [0.15, 0.2) is 11.3 Å². The number of morpholine rings is 1. The third-order valence-electron chi connectivity index (χ3n) is 2.88. The molecule has 8 nitrogen and oxygen atoms in total. The van der Waals surface area contributed by atoms with Crippen LogP contribution in [-0.2, 0) is 4.74 Å². The normalized spacial score (nSPS) is 16.2. The predicted molar refractivity (Wildman–Crippen MR) is 65.7 cm³/mol. The monoisotopic (exact) mass is 250 g/mol. The summed E-state index contributed by atoms with van der Waals surface area (Å²) >= 11 is 0. The van der Waals surface area contributed by atoms with Crippen LogP contribution in [0, 0.1) is 0 Å². The summed E-state index contributed by atoms with van der Waals surface area (Å²) in [7, 11) is 1.54. The fourth-order valence-electron chi connectivity index (χ4n) is 1.94. The Morgan fingerprint density at radius 3 is 2.83 bits per heavy atom. The molecule has 0 aliphatic carbocycles. The number of fused-ring (bicyclic) bond motifs is 1. The second-order valence-electron chi connectivity index (χ2n) is 3.96. The Kier molecular flexibility index (Phi) is 2.63. The van der Waals surface area contributed by atoms with Crippen LogP contribution < -0.4 is 15.4 Å². The van der Waals surface area contributed by atoms with E-state index in [2.05, 4.69) is 20.2 Å². The Bertz CT molecular complexity index is 563. The maximum Gasteiger partial charge on any atom is 0.259 e. The second kappa shape index (κ2) is 4.30. The van der Waals surface area contributed by atoms with Gasteiger partial charge >= 0.3 is 0 Å². The maximum atomic E-state index is 5.90. The van der Waals surface area contributed by atoms with Crippen LogP contribution in [0.4, 0.5) is 11.8 Å². The lowest BCUT2D eigenvalue weighted by molar-refractivity contribution is 0.122. The van der Waals surface area contributed by atoms with Crippen LogP contribution in [0.25, 0.3) is 11.0 Å². The molecule has 18 heavy (non-hydrogen) atoms. The number of aromatic amines is 1. The number of ether oxygens (including phenoxy) is 2. The quantitative estimate of drug-likeness (QED) is 0.759. The van der Waals surface area contributed by atoms with E-state index in [-0.39, 0.29) is 0 Å². The van der Waals surface area contributed by atoms with E-state index < -0.39 is 0 Å². The Balaban J connectivity index is 2.06. The number of anilines is 2. The molecule has 0 saturated carbocycles. The highest BCUT2D eigenvalue weighted by Gasteiger charge is 2.18. The molecule has 8 heteroatoms. The van der Waals surface area contributed by atoms with Crippen molar-refractivity contribution >= 4 is 22.8 Å². The number of nitrogens with zero attached hydrogens (tertiary/aromatic N) is 4. The molecule has 1 aliphatic heterocycles. The first kappa shape index (κ1) is 11.0. The first-order valence-electron chi connectivity index (χ1n) is 5.68. The number of rotatable bonds is 2. The summed E-state index contributed by atoms with van der Waals surface area (Å²) < 4.78 is 10.4. The highest BCUT2D eigenvalue weighted by Crippen LogP contribution is 2.26. The topological polar surface area (TPSA) is 102 Å². The van der Waals surface area contributed by atoms with Gasteiger partial charge in [-0.3, -0.25) is 5.10 Å². The molecule has 1 aliphatic rings. The Morgan fingerprint density at radius 2 is 2.11 bits per heavy atom. The van der Waals surface area contributed by atoms with E-state index in [4.69, 9.17) is 15.2 Å². The van der Waals surface area contributed by atoms with Gasteiger partial charge in [-0.15, -0.1) is 5.10 Å². The van der Waals surface area contributed by atoms with Crippen LogP contribution in [0.1, 0.15) is 0 Å². The molecule has 3 rings (SSSR count). The zero-order valence-corrected chi connectivity index (χ0v) is 10.0. The molecule has 1 saturated heterocycles. The van der Waals surface area contributed by atoms with Crippen molar-refractivity contribution in [2.45, 2.75) is 0 Å². The average molecular weight is 250 g/mol. The van der Waals surface area contributed by atoms with Crippen molar-refractivity contribution in [2.24, 2.45) is 0 Å². The fourth-order valence-corrected chi connectivity index (χ4v) is 1.94. The van der Waals surface area contributed by atoms with Gasteiger partial charge in [-0.2, -0.15) is 4.98 Å². The van der Waals surface area contributed by atoms with Crippen LogP contribution in [0.15, 0.2) is 0 Å². The molecule has 0 unspecified atom stereocenters. The average Bonchev–Trinajstić information content (AvgIpc) is 2.83. The first-order chi connectivity index (χ1) is 8.79. The molecule has 3 heterocycles. The molecule has 2 aromatic rings. The third-order valence-corrected chi connectivity index (χ3v) is 2.88. The lowest BCUT2D eigenvalue weighted by atomic mass is 10.4.